The molecule has 1 aliphatic rings. The summed E-state index contributed by atoms with van der Waals surface area (Å²) in [6.45, 7) is 2.36. The van der Waals surface area contributed by atoms with Crippen LogP contribution < -0.4 is 10.9 Å². The first-order valence-electron chi connectivity index (χ1n) is 14.6. The van der Waals surface area contributed by atoms with Crippen LogP contribution in [0.25, 0.3) is 10.9 Å². The molecule has 210 valence electrons. The third-order valence-electron chi connectivity index (χ3n) is 7.91. The van der Waals surface area contributed by atoms with Gasteiger partial charge in [0.25, 0.3) is 0 Å². The number of phenols is 1. The molecule has 1 amide bonds. The van der Waals surface area contributed by atoms with E-state index < -0.39 is 0 Å². The number of unbranched alkanes of at least 4 members (excludes halogenated alkanes) is 2. The predicted octanol–water partition coefficient (Wildman–Crippen LogP) is 6.37. The molecule has 1 fully saturated rings. The van der Waals surface area contributed by atoms with Crippen LogP contribution in [0.4, 0.5) is 0 Å². The fraction of sp³-hybridized carbons (Fsp3) is 0.500. The van der Waals surface area contributed by atoms with Gasteiger partial charge in [0, 0.05) is 42.0 Å². The van der Waals surface area contributed by atoms with Gasteiger partial charge in [0.15, 0.2) is 0 Å². The number of aryl methyl sites for hydroxylation is 1. The fourth-order valence-corrected chi connectivity index (χ4v) is 5.84. The molecule has 0 unspecified atom stereocenters. The van der Waals surface area contributed by atoms with Gasteiger partial charge in [-0.15, -0.1) is 0 Å². The Kier molecular flexibility index (Phi) is 11.3. The summed E-state index contributed by atoms with van der Waals surface area (Å²) in [5, 5.41) is 15.2. The molecule has 4 rings (SSSR count). The standard InChI is InChI=1S/C32H42ClN3O3/c33-26-14-11-24(12-15-26)19-21-34-22-20-31(39)36(27-9-5-1-2-6-10-27)23-7-3-4-8-25-13-17-29(37)32-28(25)16-18-30(38)35-32/h11-18,27,34,37H,1-10,19-23H2,(H,35,38). The zero-order chi connectivity index (χ0) is 27.5. The van der Waals surface area contributed by atoms with Crippen molar-refractivity contribution in [3.05, 3.63) is 75.0 Å². The number of carbonyl (C=O) groups excluding carboxylic acids is 1. The van der Waals surface area contributed by atoms with E-state index in [4.69, 9.17) is 11.6 Å². The summed E-state index contributed by atoms with van der Waals surface area (Å²) in [7, 11) is 0. The number of hydrogen-bond acceptors (Lipinski definition) is 4. The van der Waals surface area contributed by atoms with Gasteiger partial charge in [0.1, 0.15) is 5.75 Å². The molecule has 0 bridgehead atoms. The van der Waals surface area contributed by atoms with Crippen molar-refractivity contribution in [2.45, 2.75) is 83.1 Å². The number of carbonyl (C=O) groups is 1. The number of halogens is 1. The van der Waals surface area contributed by atoms with Crippen LogP contribution in [-0.4, -0.2) is 46.6 Å². The number of benzene rings is 2. The molecule has 0 saturated heterocycles. The summed E-state index contributed by atoms with van der Waals surface area (Å²) < 4.78 is 0. The first-order valence-corrected chi connectivity index (χ1v) is 15.0. The Labute approximate surface area is 236 Å². The lowest BCUT2D eigenvalue weighted by molar-refractivity contribution is -0.133. The van der Waals surface area contributed by atoms with E-state index in [0.29, 0.717) is 24.5 Å². The minimum atomic E-state index is -0.213. The van der Waals surface area contributed by atoms with Gasteiger partial charge in [-0.1, -0.05) is 61.9 Å². The molecule has 1 aromatic heterocycles. The van der Waals surface area contributed by atoms with Crippen molar-refractivity contribution in [3.8, 4) is 5.75 Å². The molecule has 7 heteroatoms. The number of nitrogens with one attached hydrogen (secondary N) is 2. The topological polar surface area (TPSA) is 85.4 Å². The molecule has 1 saturated carbocycles. The molecule has 1 heterocycles. The molecule has 0 spiro atoms. The van der Waals surface area contributed by atoms with E-state index in [1.165, 1.54) is 37.3 Å². The Hall–Kier alpha value is -2.83. The Morgan fingerprint density at radius 1 is 0.923 bits per heavy atom. The van der Waals surface area contributed by atoms with Crippen molar-refractivity contribution in [1.82, 2.24) is 15.2 Å². The smallest absolute Gasteiger partial charge is 0.248 e. The number of aromatic hydroxyl groups is 1. The first-order chi connectivity index (χ1) is 19.0. The lowest BCUT2D eigenvalue weighted by Gasteiger charge is -2.31. The maximum atomic E-state index is 13.3. The van der Waals surface area contributed by atoms with Crippen molar-refractivity contribution in [2.24, 2.45) is 0 Å². The number of nitrogens with zero attached hydrogens (tertiary/aromatic N) is 1. The van der Waals surface area contributed by atoms with Crippen LogP contribution in [0.3, 0.4) is 0 Å². The van der Waals surface area contributed by atoms with Crippen molar-refractivity contribution in [2.75, 3.05) is 19.6 Å². The third kappa shape index (κ3) is 8.84. The fourth-order valence-electron chi connectivity index (χ4n) is 5.72. The molecule has 6 nitrogen and oxygen atoms in total. The van der Waals surface area contributed by atoms with Gasteiger partial charge in [-0.05, 0) is 80.5 Å². The van der Waals surface area contributed by atoms with E-state index in [2.05, 4.69) is 15.2 Å². The van der Waals surface area contributed by atoms with Crippen LogP contribution in [0.1, 0.15) is 75.3 Å². The highest BCUT2D eigenvalue weighted by Gasteiger charge is 2.24. The summed E-state index contributed by atoms with van der Waals surface area (Å²) in [6.07, 6.45) is 12.6. The van der Waals surface area contributed by atoms with Crippen LogP contribution in [0.15, 0.2) is 53.3 Å². The van der Waals surface area contributed by atoms with Crippen molar-refractivity contribution >= 4 is 28.4 Å². The van der Waals surface area contributed by atoms with Gasteiger partial charge >= 0.3 is 0 Å². The lowest BCUT2D eigenvalue weighted by Crippen LogP contribution is -2.42. The largest absolute Gasteiger partial charge is 0.506 e. The van der Waals surface area contributed by atoms with E-state index in [1.807, 2.05) is 30.3 Å². The molecule has 39 heavy (non-hydrogen) atoms. The Morgan fingerprint density at radius 3 is 2.46 bits per heavy atom. The van der Waals surface area contributed by atoms with E-state index in [9.17, 15) is 14.7 Å². The molecule has 3 aromatic rings. The second kappa shape index (κ2) is 15.1. The molecular formula is C32H42ClN3O3. The molecule has 1 aliphatic carbocycles. The van der Waals surface area contributed by atoms with Gasteiger partial charge in [-0.25, -0.2) is 0 Å². The minimum Gasteiger partial charge on any atom is -0.506 e. The zero-order valence-corrected chi connectivity index (χ0v) is 23.6. The van der Waals surface area contributed by atoms with Crippen molar-refractivity contribution < 1.29 is 9.90 Å². The number of pyridine rings is 1. The Bertz CT molecular complexity index is 1250. The molecule has 0 atom stereocenters. The summed E-state index contributed by atoms with van der Waals surface area (Å²) in [4.78, 5) is 29.9. The maximum absolute atomic E-state index is 13.3. The number of aromatic amines is 1. The average Bonchev–Trinajstić information content (AvgIpc) is 3.22. The average molecular weight is 552 g/mol. The van der Waals surface area contributed by atoms with Gasteiger partial charge in [-0.3, -0.25) is 9.59 Å². The number of aromatic nitrogens is 1. The molecule has 0 radical (unpaired) electrons. The van der Waals surface area contributed by atoms with Crippen LogP contribution >= 0.6 is 11.6 Å². The summed E-state index contributed by atoms with van der Waals surface area (Å²) in [6, 6.07) is 15.2. The third-order valence-corrected chi connectivity index (χ3v) is 8.17. The van der Waals surface area contributed by atoms with E-state index in [0.717, 1.165) is 74.0 Å². The number of H-pyrrole nitrogens is 1. The molecule has 3 N–H and O–H groups in total. The summed E-state index contributed by atoms with van der Waals surface area (Å²) in [5.74, 6) is 0.373. The highest BCUT2D eigenvalue weighted by molar-refractivity contribution is 6.30. The van der Waals surface area contributed by atoms with Crippen LogP contribution in [0.5, 0.6) is 5.75 Å². The van der Waals surface area contributed by atoms with Crippen LogP contribution in [0, 0.1) is 0 Å². The number of rotatable bonds is 13. The first kappa shape index (κ1) is 29.2. The van der Waals surface area contributed by atoms with E-state index in [-0.39, 0.29) is 17.2 Å². The van der Waals surface area contributed by atoms with Crippen LogP contribution in [-0.2, 0) is 17.6 Å². The number of hydrogen-bond donors (Lipinski definition) is 3. The SMILES string of the molecule is O=C(CCNCCc1ccc(Cl)cc1)N(CCCCCc1ccc(O)c2[nH]c(=O)ccc12)C1CCCCCC1. The monoisotopic (exact) mass is 551 g/mol. The van der Waals surface area contributed by atoms with Gasteiger partial charge in [0.2, 0.25) is 11.5 Å². The summed E-state index contributed by atoms with van der Waals surface area (Å²) >= 11 is 5.97. The second-order valence-corrected chi connectivity index (χ2v) is 11.2. The van der Waals surface area contributed by atoms with Gasteiger partial charge < -0.3 is 20.3 Å². The zero-order valence-electron chi connectivity index (χ0n) is 22.9. The quantitative estimate of drug-likeness (QED) is 0.170. The highest BCUT2D eigenvalue weighted by Crippen LogP contribution is 2.26. The second-order valence-electron chi connectivity index (χ2n) is 10.8. The predicted molar refractivity (Wildman–Crippen MR) is 160 cm³/mol. The van der Waals surface area contributed by atoms with E-state index in [1.54, 1.807) is 12.1 Å². The molecule has 0 aliphatic heterocycles. The normalized spacial score (nSPS) is 14.4. The molecule has 2 aromatic carbocycles. The Morgan fingerprint density at radius 2 is 1.69 bits per heavy atom. The summed E-state index contributed by atoms with van der Waals surface area (Å²) in [5.41, 5.74) is 2.66. The van der Waals surface area contributed by atoms with Crippen molar-refractivity contribution in [1.29, 1.82) is 0 Å². The highest BCUT2D eigenvalue weighted by atomic mass is 35.5. The Balaban J connectivity index is 1.24. The maximum Gasteiger partial charge on any atom is 0.248 e. The van der Waals surface area contributed by atoms with Crippen molar-refractivity contribution in [3.63, 3.8) is 0 Å². The van der Waals surface area contributed by atoms with Crippen LogP contribution in [0.2, 0.25) is 5.02 Å². The number of phenolic OH excluding ortho intramolecular Hbond substituents is 1. The van der Waals surface area contributed by atoms with E-state index >= 15 is 0 Å². The lowest BCUT2D eigenvalue weighted by atomic mass is 10.0. The number of fused-ring (bicyclic) bond motifs is 1. The minimum absolute atomic E-state index is 0.100. The molecular weight excluding hydrogens is 510 g/mol. The van der Waals surface area contributed by atoms with Gasteiger partial charge in [0.05, 0.1) is 5.52 Å². The number of amides is 1. The van der Waals surface area contributed by atoms with Gasteiger partial charge in [-0.2, -0.15) is 0 Å².